The normalized spacial score (nSPS) is 29.1. The van der Waals surface area contributed by atoms with Crippen LogP contribution in [0.5, 0.6) is 0 Å². The molecule has 2 unspecified atom stereocenters. The van der Waals surface area contributed by atoms with Crippen molar-refractivity contribution in [3.05, 3.63) is 0 Å². The molecule has 7 heteroatoms. The Balaban J connectivity index is 2.37. The summed E-state index contributed by atoms with van der Waals surface area (Å²) in [4.78, 5) is 12.3. The van der Waals surface area contributed by atoms with Crippen LogP contribution in [0.3, 0.4) is 0 Å². The Hall–Kier alpha value is -0.730. The average molecular weight is 390 g/mol. The lowest BCUT2D eigenvalue weighted by atomic mass is 9.87. The number of ether oxygens (including phenoxy) is 1. The lowest BCUT2D eigenvalue weighted by Gasteiger charge is -2.44. The van der Waals surface area contributed by atoms with Gasteiger partial charge >= 0.3 is 0 Å². The molecular formula is C20H41N2O5+. The summed E-state index contributed by atoms with van der Waals surface area (Å²) in [6.07, 6.45) is 2.09. The summed E-state index contributed by atoms with van der Waals surface area (Å²) in [5.74, 6) is -0.0953. The van der Waals surface area contributed by atoms with Crippen LogP contribution in [0, 0.1) is 5.92 Å². The summed E-state index contributed by atoms with van der Waals surface area (Å²) in [7, 11) is 6.58. The van der Waals surface area contributed by atoms with Gasteiger partial charge in [0.05, 0.1) is 46.4 Å². The van der Waals surface area contributed by atoms with Gasteiger partial charge in [0.2, 0.25) is 5.91 Å². The zero-order valence-electron chi connectivity index (χ0n) is 17.7. The predicted octanol–water partition coefficient (Wildman–Crippen LogP) is 0.656. The minimum atomic E-state index is -1.21. The molecule has 0 radical (unpaired) electrons. The topological polar surface area (TPSA) is 99.0 Å². The first kappa shape index (κ1) is 24.3. The summed E-state index contributed by atoms with van der Waals surface area (Å²) >= 11 is 0. The Morgan fingerprint density at radius 3 is 2.19 bits per heavy atom. The smallest absolute Gasteiger partial charge is 0.220 e. The molecule has 0 aromatic rings. The molecule has 0 bridgehead atoms. The fourth-order valence-corrected chi connectivity index (χ4v) is 3.54. The summed E-state index contributed by atoms with van der Waals surface area (Å²) in [5.41, 5.74) is 0. The second-order valence-electron chi connectivity index (χ2n) is 9.17. The maximum absolute atomic E-state index is 12.3. The first-order valence-electron chi connectivity index (χ1n) is 10.3. The Bertz CT molecular complexity index is 439. The molecular weight excluding hydrogens is 348 g/mol. The van der Waals surface area contributed by atoms with Crippen molar-refractivity contribution in [2.24, 2.45) is 5.92 Å². The molecule has 1 amide bonds. The third-order valence-corrected chi connectivity index (χ3v) is 5.18. The van der Waals surface area contributed by atoms with Crippen molar-refractivity contribution in [1.29, 1.82) is 0 Å². The predicted molar refractivity (Wildman–Crippen MR) is 105 cm³/mol. The van der Waals surface area contributed by atoms with E-state index in [9.17, 15) is 20.1 Å². The van der Waals surface area contributed by atoms with E-state index in [1.165, 1.54) is 12.8 Å². The van der Waals surface area contributed by atoms with Crippen LogP contribution in [0.1, 0.15) is 52.4 Å². The molecule has 1 rings (SSSR count). The highest BCUT2D eigenvalue weighted by Gasteiger charge is 2.45. The van der Waals surface area contributed by atoms with Gasteiger partial charge in [-0.1, -0.05) is 26.7 Å². The van der Waals surface area contributed by atoms with Crippen molar-refractivity contribution in [3.63, 3.8) is 0 Å². The maximum atomic E-state index is 12.3. The number of amides is 1. The van der Waals surface area contributed by atoms with Crippen LogP contribution < -0.4 is 5.32 Å². The Labute approximate surface area is 164 Å². The second-order valence-corrected chi connectivity index (χ2v) is 9.17. The summed E-state index contributed by atoms with van der Waals surface area (Å²) < 4.78 is 6.69. The first-order valence-corrected chi connectivity index (χ1v) is 10.3. The number of hydrogen-bond donors (Lipinski definition) is 4. The largest absolute Gasteiger partial charge is 0.394 e. The number of unbranched alkanes of at least 4 members (excludes halogenated alkanes) is 4. The lowest BCUT2D eigenvalue weighted by molar-refractivity contribution is -0.870. The van der Waals surface area contributed by atoms with Crippen molar-refractivity contribution in [2.75, 3.05) is 34.3 Å². The van der Waals surface area contributed by atoms with Gasteiger partial charge in [-0.05, 0) is 25.2 Å². The highest BCUT2D eigenvalue weighted by molar-refractivity contribution is 5.76. The number of aliphatic hydroxyl groups excluding tert-OH is 3. The van der Waals surface area contributed by atoms with E-state index in [4.69, 9.17) is 4.74 Å². The summed E-state index contributed by atoms with van der Waals surface area (Å²) in [6.45, 7) is 4.65. The molecule has 0 aromatic carbocycles. The zero-order valence-corrected chi connectivity index (χ0v) is 17.7. The number of quaternary nitrogens is 1. The van der Waals surface area contributed by atoms with Crippen LogP contribution in [0.15, 0.2) is 0 Å². The second kappa shape index (κ2) is 11.3. The van der Waals surface area contributed by atoms with Gasteiger partial charge in [0.25, 0.3) is 0 Å². The molecule has 1 aliphatic heterocycles. The lowest BCUT2D eigenvalue weighted by Crippen LogP contribution is -2.65. The van der Waals surface area contributed by atoms with Gasteiger partial charge in [0.1, 0.15) is 18.3 Å². The third kappa shape index (κ3) is 8.44. The van der Waals surface area contributed by atoms with Crippen LogP contribution in [0.4, 0.5) is 0 Å². The number of hydrogen-bond acceptors (Lipinski definition) is 5. The molecule has 0 aromatic heterocycles. The van der Waals surface area contributed by atoms with Crippen molar-refractivity contribution >= 4 is 5.91 Å². The van der Waals surface area contributed by atoms with Gasteiger partial charge in [0, 0.05) is 6.42 Å². The molecule has 1 aliphatic rings. The SMILES string of the molecule is CC(C)[C@@H]1OC(CO)[C@@H](O)[C@H](O)C1NC(=O)CCCCCCC[N+](C)(C)C. The van der Waals surface area contributed by atoms with Crippen molar-refractivity contribution in [3.8, 4) is 0 Å². The minimum absolute atomic E-state index is 0.0349. The standard InChI is InChI=1S/C20H40N2O5/c1-14(2)20-17(19(26)18(25)15(13-23)27-20)21-16(24)11-9-7-6-8-10-12-22(3,4)5/h14-15,17-20,23,25-26H,6-13H2,1-5H3/p+1/t15?,17?,18-,19-,20+/m1/s1. The Morgan fingerprint density at radius 2 is 1.63 bits per heavy atom. The zero-order chi connectivity index (χ0) is 20.6. The first-order chi connectivity index (χ1) is 12.6. The number of nitrogens with zero attached hydrogens (tertiary/aromatic N) is 1. The average Bonchev–Trinajstić information content (AvgIpc) is 2.57. The fourth-order valence-electron chi connectivity index (χ4n) is 3.54. The molecule has 5 atom stereocenters. The van der Waals surface area contributed by atoms with Crippen LogP contribution in [-0.4, -0.2) is 90.5 Å². The molecule has 0 saturated carbocycles. The molecule has 160 valence electrons. The van der Waals surface area contributed by atoms with Gasteiger partial charge in [0.15, 0.2) is 0 Å². The van der Waals surface area contributed by atoms with Gasteiger partial charge in [-0.2, -0.15) is 0 Å². The van der Waals surface area contributed by atoms with Crippen LogP contribution >= 0.6 is 0 Å². The molecule has 1 heterocycles. The molecule has 1 saturated heterocycles. The number of carbonyl (C=O) groups excluding carboxylic acids is 1. The number of aliphatic hydroxyl groups is 3. The van der Waals surface area contributed by atoms with Gasteiger partial charge in [-0.15, -0.1) is 0 Å². The van der Waals surface area contributed by atoms with E-state index in [0.29, 0.717) is 6.42 Å². The molecule has 0 spiro atoms. The highest BCUT2D eigenvalue weighted by atomic mass is 16.5. The van der Waals surface area contributed by atoms with Crippen molar-refractivity contribution in [2.45, 2.75) is 82.8 Å². The van der Waals surface area contributed by atoms with E-state index in [0.717, 1.165) is 30.3 Å². The van der Waals surface area contributed by atoms with E-state index < -0.39 is 30.5 Å². The Morgan fingerprint density at radius 1 is 1.04 bits per heavy atom. The van der Waals surface area contributed by atoms with Gasteiger partial charge in [-0.3, -0.25) is 4.79 Å². The third-order valence-electron chi connectivity index (χ3n) is 5.18. The van der Waals surface area contributed by atoms with Crippen LogP contribution in [0.2, 0.25) is 0 Å². The number of rotatable bonds is 11. The van der Waals surface area contributed by atoms with Crippen molar-refractivity contribution in [1.82, 2.24) is 5.32 Å². The van der Waals surface area contributed by atoms with Crippen LogP contribution in [-0.2, 0) is 9.53 Å². The summed E-state index contributed by atoms with van der Waals surface area (Å²) in [6, 6.07) is -0.667. The fraction of sp³-hybridized carbons (Fsp3) is 0.950. The van der Waals surface area contributed by atoms with Crippen LogP contribution in [0.25, 0.3) is 0 Å². The molecule has 27 heavy (non-hydrogen) atoms. The maximum Gasteiger partial charge on any atom is 0.220 e. The number of nitrogens with one attached hydrogen (secondary N) is 1. The van der Waals surface area contributed by atoms with E-state index in [1.54, 1.807) is 0 Å². The van der Waals surface area contributed by atoms with Gasteiger partial charge < -0.3 is 29.9 Å². The molecule has 7 nitrogen and oxygen atoms in total. The van der Waals surface area contributed by atoms with E-state index in [1.807, 2.05) is 13.8 Å². The quantitative estimate of drug-likeness (QED) is 0.307. The number of carbonyl (C=O) groups is 1. The van der Waals surface area contributed by atoms with Gasteiger partial charge in [-0.25, -0.2) is 0 Å². The van der Waals surface area contributed by atoms with E-state index in [-0.39, 0.29) is 18.4 Å². The van der Waals surface area contributed by atoms with E-state index in [2.05, 4.69) is 26.5 Å². The highest BCUT2D eigenvalue weighted by Crippen LogP contribution is 2.26. The molecule has 1 fully saturated rings. The van der Waals surface area contributed by atoms with Crippen molar-refractivity contribution < 1.29 is 29.3 Å². The monoisotopic (exact) mass is 389 g/mol. The van der Waals surface area contributed by atoms with E-state index >= 15 is 0 Å². The summed E-state index contributed by atoms with van der Waals surface area (Å²) in [5, 5.41) is 32.6. The molecule has 4 N–H and O–H groups in total. The Kier molecular flexibility index (Phi) is 10.2. The molecule has 0 aliphatic carbocycles. The minimum Gasteiger partial charge on any atom is -0.394 e.